The van der Waals surface area contributed by atoms with Gasteiger partial charge < -0.3 is 15.1 Å². The fourth-order valence-corrected chi connectivity index (χ4v) is 6.42. The summed E-state index contributed by atoms with van der Waals surface area (Å²) in [6.45, 7) is 10.0. The molecule has 2 aliphatic heterocycles. The van der Waals surface area contributed by atoms with Crippen molar-refractivity contribution in [2.75, 3.05) is 45.8 Å². The molecule has 1 amide bonds. The molecule has 2 fully saturated rings. The zero-order valence-corrected chi connectivity index (χ0v) is 21.5. The van der Waals surface area contributed by atoms with Crippen molar-refractivity contribution in [3.05, 3.63) is 75.9 Å². The van der Waals surface area contributed by atoms with Gasteiger partial charge in [0.25, 0.3) is 0 Å². The molecule has 192 valence electrons. The van der Waals surface area contributed by atoms with Gasteiger partial charge in [-0.05, 0) is 79.6 Å². The predicted molar refractivity (Wildman–Crippen MR) is 140 cm³/mol. The molecule has 0 saturated carbocycles. The lowest BCUT2D eigenvalue weighted by Gasteiger charge is -2.35. The van der Waals surface area contributed by atoms with E-state index >= 15 is 8.78 Å². The lowest BCUT2D eigenvalue weighted by Crippen LogP contribution is -2.39. The number of halogens is 2. The topological polar surface area (TPSA) is 35.6 Å². The summed E-state index contributed by atoms with van der Waals surface area (Å²) < 4.78 is 30.3. The van der Waals surface area contributed by atoms with Crippen LogP contribution in [0.3, 0.4) is 0 Å². The van der Waals surface area contributed by atoms with Crippen molar-refractivity contribution in [3.63, 3.8) is 0 Å². The quantitative estimate of drug-likeness (QED) is 0.662. The molecule has 1 atom stereocenters. The number of hydrogen-bond donors (Lipinski definition) is 1. The summed E-state index contributed by atoms with van der Waals surface area (Å²) in [5.41, 5.74) is 4.49. The largest absolute Gasteiger partial charge is 0.342 e. The van der Waals surface area contributed by atoms with Gasteiger partial charge in [0.1, 0.15) is 11.6 Å². The number of allylic oxidation sites excluding steroid dienone is 1. The van der Waals surface area contributed by atoms with E-state index in [1.807, 2.05) is 29.2 Å². The highest BCUT2D eigenvalue weighted by Crippen LogP contribution is 2.52. The third kappa shape index (κ3) is 4.73. The predicted octanol–water partition coefficient (Wildman–Crippen LogP) is 4.85. The number of amides is 1. The van der Waals surface area contributed by atoms with E-state index in [1.165, 1.54) is 11.6 Å². The molecule has 1 unspecified atom stereocenters. The molecule has 4 nitrogen and oxygen atoms in total. The van der Waals surface area contributed by atoms with Crippen molar-refractivity contribution >= 4 is 11.5 Å². The summed E-state index contributed by atoms with van der Waals surface area (Å²) in [5, 5.41) is 3.41. The molecule has 36 heavy (non-hydrogen) atoms. The van der Waals surface area contributed by atoms with E-state index in [4.69, 9.17) is 0 Å². The van der Waals surface area contributed by atoms with Crippen molar-refractivity contribution in [2.45, 2.75) is 51.4 Å². The first-order valence-electron chi connectivity index (χ1n) is 13.3. The molecule has 1 aliphatic carbocycles. The van der Waals surface area contributed by atoms with Crippen LogP contribution in [0.2, 0.25) is 0 Å². The number of likely N-dealkylation sites (tertiary alicyclic amines) is 1. The third-order valence-electron chi connectivity index (χ3n) is 8.40. The summed E-state index contributed by atoms with van der Waals surface area (Å²) >= 11 is 0. The van der Waals surface area contributed by atoms with E-state index in [0.29, 0.717) is 42.6 Å². The maximum atomic E-state index is 15.3. The molecule has 2 aromatic rings. The van der Waals surface area contributed by atoms with Crippen LogP contribution in [0.1, 0.15) is 54.9 Å². The van der Waals surface area contributed by atoms with Crippen molar-refractivity contribution in [3.8, 4) is 0 Å². The number of benzene rings is 2. The molecule has 0 bridgehead atoms. The van der Waals surface area contributed by atoms with Crippen molar-refractivity contribution < 1.29 is 13.6 Å². The van der Waals surface area contributed by atoms with Gasteiger partial charge in [-0.25, -0.2) is 8.78 Å². The first-order chi connectivity index (χ1) is 17.4. The molecule has 0 spiro atoms. The Hall–Kier alpha value is -2.57. The molecule has 2 heterocycles. The Morgan fingerprint density at radius 1 is 1.03 bits per heavy atom. The Morgan fingerprint density at radius 3 is 2.58 bits per heavy atom. The summed E-state index contributed by atoms with van der Waals surface area (Å²) in [6.07, 6.45) is 3.60. The fourth-order valence-electron chi connectivity index (χ4n) is 6.42. The molecule has 6 heteroatoms. The number of nitrogens with one attached hydrogen (secondary N) is 1. The van der Waals surface area contributed by atoms with Crippen LogP contribution in [0.5, 0.6) is 0 Å². The number of carbonyl (C=O) groups is 1. The highest BCUT2D eigenvalue weighted by Gasteiger charge is 2.44. The number of piperidine rings is 1. The molecule has 2 saturated heterocycles. The molecular formula is C30H37F2N3O. The Labute approximate surface area is 213 Å². The Bertz CT molecular complexity index is 1160. The maximum Gasteiger partial charge on any atom is 0.223 e. The second kappa shape index (κ2) is 10.4. The lowest BCUT2D eigenvalue weighted by molar-refractivity contribution is -0.132. The second-order valence-electron chi connectivity index (χ2n) is 10.8. The molecule has 1 N–H and O–H groups in total. The number of aryl methyl sites for hydroxylation is 1. The maximum absolute atomic E-state index is 15.3. The Kier molecular flexibility index (Phi) is 7.27. The molecular weight excluding hydrogens is 456 g/mol. The zero-order chi connectivity index (χ0) is 25.3. The molecule has 0 aromatic heterocycles. The summed E-state index contributed by atoms with van der Waals surface area (Å²) in [5.74, 6) is -0.219. The molecule has 3 aliphatic rings. The Balaban J connectivity index is 1.38. The number of rotatable bonds is 4. The van der Waals surface area contributed by atoms with Crippen LogP contribution in [0.25, 0.3) is 5.57 Å². The van der Waals surface area contributed by atoms with Crippen molar-refractivity contribution in [1.82, 2.24) is 15.1 Å². The van der Waals surface area contributed by atoms with Crippen LogP contribution in [0.15, 0.2) is 42.0 Å². The number of fused-ring (bicyclic) bond motifs is 1. The molecule has 2 aromatic carbocycles. The number of carbonyl (C=O) groups excluding carboxylic acids is 1. The number of nitrogens with zero attached hydrogens (tertiary/aromatic N) is 2. The van der Waals surface area contributed by atoms with Crippen LogP contribution in [0.4, 0.5) is 8.78 Å². The van der Waals surface area contributed by atoms with Gasteiger partial charge in [-0.2, -0.15) is 0 Å². The van der Waals surface area contributed by atoms with E-state index in [0.717, 1.165) is 63.1 Å². The van der Waals surface area contributed by atoms with Crippen LogP contribution in [0, 0.1) is 18.6 Å². The monoisotopic (exact) mass is 493 g/mol. The first kappa shape index (κ1) is 25.1. The van der Waals surface area contributed by atoms with Gasteiger partial charge in [0.2, 0.25) is 5.91 Å². The van der Waals surface area contributed by atoms with Crippen LogP contribution < -0.4 is 5.32 Å². The van der Waals surface area contributed by atoms with E-state index in [-0.39, 0.29) is 17.5 Å². The van der Waals surface area contributed by atoms with Gasteiger partial charge in [-0.3, -0.25) is 4.79 Å². The smallest absolute Gasteiger partial charge is 0.223 e. The van der Waals surface area contributed by atoms with E-state index < -0.39 is 5.41 Å². The minimum Gasteiger partial charge on any atom is -0.342 e. The van der Waals surface area contributed by atoms with Gasteiger partial charge in [-0.15, -0.1) is 0 Å². The second-order valence-corrected chi connectivity index (χ2v) is 10.8. The average molecular weight is 494 g/mol. The van der Waals surface area contributed by atoms with Gasteiger partial charge in [0.15, 0.2) is 0 Å². The SMILES string of the molecule is Cc1ccc2c(c1F)CC(C)(c1ccccc1F)C2=C1CCN(C(=O)CCN2CCCNCC2)CC1. The normalized spacial score (nSPS) is 23.1. The van der Waals surface area contributed by atoms with E-state index in [1.54, 1.807) is 13.0 Å². The third-order valence-corrected chi connectivity index (χ3v) is 8.40. The minimum absolute atomic E-state index is 0.179. The lowest BCUT2D eigenvalue weighted by atomic mass is 9.73. The van der Waals surface area contributed by atoms with Gasteiger partial charge >= 0.3 is 0 Å². The number of hydrogen-bond acceptors (Lipinski definition) is 3. The molecule has 5 rings (SSSR count). The van der Waals surface area contributed by atoms with Crippen LogP contribution in [-0.2, 0) is 16.6 Å². The first-order valence-corrected chi connectivity index (χ1v) is 13.3. The van der Waals surface area contributed by atoms with Crippen molar-refractivity contribution in [1.29, 1.82) is 0 Å². The van der Waals surface area contributed by atoms with Gasteiger partial charge in [-0.1, -0.05) is 42.8 Å². The Morgan fingerprint density at radius 2 is 1.81 bits per heavy atom. The zero-order valence-electron chi connectivity index (χ0n) is 21.5. The summed E-state index contributed by atoms with van der Waals surface area (Å²) in [7, 11) is 0. The van der Waals surface area contributed by atoms with Gasteiger partial charge in [0.05, 0.1) is 0 Å². The molecule has 0 radical (unpaired) electrons. The van der Waals surface area contributed by atoms with Gasteiger partial charge in [0, 0.05) is 44.6 Å². The van der Waals surface area contributed by atoms with Crippen molar-refractivity contribution in [2.24, 2.45) is 0 Å². The minimum atomic E-state index is -0.634. The van der Waals surface area contributed by atoms with E-state index in [9.17, 15) is 4.79 Å². The van der Waals surface area contributed by atoms with Crippen LogP contribution in [-0.4, -0.2) is 61.5 Å². The summed E-state index contributed by atoms with van der Waals surface area (Å²) in [4.78, 5) is 17.4. The van der Waals surface area contributed by atoms with E-state index in [2.05, 4.69) is 17.1 Å². The van der Waals surface area contributed by atoms with Crippen LogP contribution >= 0.6 is 0 Å². The fraction of sp³-hybridized carbons (Fsp3) is 0.500. The highest BCUT2D eigenvalue weighted by molar-refractivity contribution is 5.85. The average Bonchev–Trinajstić information content (AvgIpc) is 3.01. The highest BCUT2D eigenvalue weighted by atomic mass is 19.1. The standard InChI is InChI=1S/C30H37F2N3O/c1-21-8-9-23-24(29(21)32)20-30(2,25-6-3-4-7-26(25)31)28(23)22-10-17-35(18-11-22)27(36)12-16-34-15-5-13-33-14-19-34/h3-4,6-9,33H,5,10-20H2,1-2H3. The summed E-state index contributed by atoms with van der Waals surface area (Å²) in [6, 6.07) is 10.7.